The largest absolute Gasteiger partial charge is 0.497 e. The number of ether oxygens (including phenoxy) is 2. The van der Waals surface area contributed by atoms with Gasteiger partial charge in [-0.25, -0.2) is 23.1 Å². The van der Waals surface area contributed by atoms with E-state index in [-0.39, 0.29) is 10.6 Å². The summed E-state index contributed by atoms with van der Waals surface area (Å²) in [6.07, 6.45) is 3.51. The van der Waals surface area contributed by atoms with Gasteiger partial charge >= 0.3 is 0 Å². The van der Waals surface area contributed by atoms with E-state index in [1.54, 1.807) is 23.0 Å². The summed E-state index contributed by atoms with van der Waals surface area (Å²) in [5.41, 5.74) is 0. The van der Waals surface area contributed by atoms with Crippen LogP contribution < -0.4 is 14.4 Å². The summed E-state index contributed by atoms with van der Waals surface area (Å²) >= 11 is 0. The van der Waals surface area contributed by atoms with Gasteiger partial charge in [0, 0.05) is 50.7 Å². The number of nitrogens with zero attached hydrogens (tertiary/aromatic N) is 6. The molecular weight excluding hydrogens is 420 g/mol. The molecule has 4 rings (SSSR count). The van der Waals surface area contributed by atoms with Crippen LogP contribution in [0.2, 0.25) is 0 Å². The highest BCUT2D eigenvalue weighted by Gasteiger charge is 2.31. The molecule has 0 unspecified atom stereocenters. The quantitative estimate of drug-likeness (QED) is 0.564. The Morgan fingerprint density at radius 3 is 2.35 bits per heavy atom. The van der Waals surface area contributed by atoms with Crippen LogP contribution in [0.15, 0.2) is 47.6 Å². The predicted octanol–water partition coefficient (Wildman–Crippen LogP) is 1.50. The molecule has 0 radical (unpaired) electrons. The van der Waals surface area contributed by atoms with E-state index in [2.05, 4.69) is 20.0 Å². The molecule has 1 saturated heterocycles. The lowest BCUT2D eigenvalue weighted by molar-refractivity contribution is 0.369. The van der Waals surface area contributed by atoms with Gasteiger partial charge in [0.2, 0.25) is 10.0 Å². The third-order valence-electron chi connectivity index (χ3n) is 5.10. The standard InChI is InChI=1S/C20H24N6O4S/c1-15-22-19(14-20(23-15)26-8-4-7-21-26)24-9-11-25(12-10-24)31(27,28)18-6-5-16(29-2)13-17(18)30-3/h4-8,13-14H,9-12H2,1-3H3. The van der Waals surface area contributed by atoms with Crippen LogP contribution in [0.1, 0.15) is 5.82 Å². The van der Waals surface area contributed by atoms with Crippen molar-refractivity contribution < 1.29 is 17.9 Å². The van der Waals surface area contributed by atoms with E-state index in [1.807, 2.05) is 25.3 Å². The highest BCUT2D eigenvalue weighted by Crippen LogP contribution is 2.31. The van der Waals surface area contributed by atoms with Crippen molar-refractivity contribution in [3.8, 4) is 17.3 Å². The summed E-state index contributed by atoms with van der Waals surface area (Å²) in [6, 6.07) is 8.39. The molecule has 3 aromatic rings. The fourth-order valence-electron chi connectivity index (χ4n) is 3.50. The lowest BCUT2D eigenvalue weighted by Crippen LogP contribution is -2.49. The van der Waals surface area contributed by atoms with E-state index in [0.29, 0.717) is 43.6 Å². The average Bonchev–Trinajstić information content (AvgIpc) is 3.33. The minimum atomic E-state index is -3.71. The molecule has 11 heteroatoms. The van der Waals surface area contributed by atoms with E-state index in [0.717, 1.165) is 5.82 Å². The van der Waals surface area contributed by atoms with Crippen LogP contribution in [0.4, 0.5) is 5.82 Å². The van der Waals surface area contributed by atoms with E-state index < -0.39 is 10.0 Å². The Kier molecular flexibility index (Phi) is 5.79. The van der Waals surface area contributed by atoms with Gasteiger partial charge in [-0.3, -0.25) is 0 Å². The zero-order valence-corrected chi connectivity index (χ0v) is 18.4. The van der Waals surface area contributed by atoms with E-state index in [9.17, 15) is 8.42 Å². The van der Waals surface area contributed by atoms with Crippen molar-refractivity contribution in [3.63, 3.8) is 0 Å². The molecule has 2 aromatic heterocycles. The van der Waals surface area contributed by atoms with E-state index in [1.165, 1.54) is 24.6 Å². The molecule has 1 aliphatic rings. The number of aryl methyl sites for hydroxylation is 1. The maximum absolute atomic E-state index is 13.2. The Balaban J connectivity index is 1.53. The fraction of sp³-hybridized carbons (Fsp3) is 0.350. The highest BCUT2D eigenvalue weighted by molar-refractivity contribution is 7.89. The molecule has 164 valence electrons. The van der Waals surface area contributed by atoms with Gasteiger partial charge in [0.15, 0.2) is 5.82 Å². The second-order valence-electron chi connectivity index (χ2n) is 6.99. The molecule has 0 N–H and O–H groups in total. The number of sulfonamides is 1. The Morgan fingerprint density at radius 1 is 0.968 bits per heavy atom. The van der Waals surface area contributed by atoms with Crippen molar-refractivity contribution in [3.05, 3.63) is 48.5 Å². The summed E-state index contributed by atoms with van der Waals surface area (Å²) < 4.78 is 40.1. The summed E-state index contributed by atoms with van der Waals surface area (Å²) in [5.74, 6) is 2.84. The molecule has 1 aromatic carbocycles. The minimum Gasteiger partial charge on any atom is -0.497 e. The second-order valence-corrected chi connectivity index (χ2v) is 8.90. The first-order chi connectivity index (χ1) is 14.9. The number of methoxy groups -OCH3 is 2. The zero-order valence-electron chi connectivity index (χ0n) is 17.6. The molecule has 0 amide bonds. The number of benzene rings is 1. The molecule has 1 fully saturated rings. The van der Waals surface area contributed by atoms with Crippen molar-refractivity contribution in [2.45, 2.75) is 11.8 Å². The highest BCUT2D eigenvalue weighted by atomic mass is 32.2. The summed E-state index contributed by atoms with van der Waals surface area (Å²) in [7, 11) is -0.741. The number of aromatic nitrogens is 4. The van der Waals surface area contributed by atoms with Crippen LogP contribution in [0.3, 0.4) is 0 Å². The first-order valence-corrected chi connectivity index (χ1v) is 11.2. The number of hydrogen-bond acceptors (Lipinski definition) is 8. The molecular formula is C20H24N6O4S. The van der Waals surface area contributed by atoms with Gasteiger partial charge in [-0.05, 0) is 25.1 Å². The van der Waals surface area contributed by atoms with E-state index in [4.69, 9.17) is 9.47 Å². The van der Waals surface area contributed by atoms with Crippen LogP contribution in [0.5, 0.6) is 11.5 Å². The fourth-order valence-corrected chi connectivity index (χ4v) is 5.06. The monoisotopic (exact) mass is 444 g/mol. The molecule has 0 spiro atoms. The summed E-state index contributed by atoms with van der Waals surface area (Å²) in [5, 5.41) is 4.22. The maximum atomic E-state index is 13.2. The lowest BCUT2D eigenvalue weighted by atomic mass is 10.3. The Labute approximate surface area is 181 Å². The van der Waals surface area contributed by atoms with Gasteiger partial charge in [0.25, 0.3) is 0 Å². The van der Waals surface area contributed by atoms with Gasteiger partial charge in [-0.2, -0.15) is 9.40 Å². The first kappa shape index (κ1) is 21.1. The Hall–Kier alpha value is -3.18. The van der Waals surface area contributed by atoms with Crippen LogP contribution >= 0.6 is 0 Å². The predicted molar refractivity (Wildman–Crippen MR) is 114 cm³/mol. The topological polar surface area (TPSA) is 103 Å². The molecule has 10 nitrogen and oxygen atoms in total. The SMILES string of the molecule is COc1ccc(S(=O)(=O)N2CCN(c3cc(-n4cccn4)nc(C)n3)CC2)c(OC)c1. The average molecular weight is 445 g/mol. The molecule has 0 bridgehead atoms. The van der Waals surface area contributed by atoms with Gasteiger partial charge in [-0.1, -0.05) is 0 Å². The van der Waals surface area contributed by atoms with Crippen molar-refractivity contribution in [2.24, 2.45) is 0 Å². The molecule has 0 aliphatic carbocycles. The van der Waals surface area contributed by atoms with Crippen LogP contribution in [-0.2, 0) is 10.0 Å². The third-order valence-corrected chi connectivity index (χ3v) is 7.04. The summed E-state index contributed by atoms with van der Waals surface area (Å²) in [6.45, 7) is 3.50. The number of rotatable bonds is 6. The van der Waals surface area contributed by atoms with Gasteiger partial charge in [-0.15, -0.1) is 0 Å². The number of hydrogen-bond donors (Lipinski definition) is 0. The number of piperazine rings is 1. The van der Waals surface area contributed by atoms with E-state index >= 15 is 0 Å². The van der Waals surface area contributed by atoms with Gasteiger partial charge in [0.05, 0.1) is 14.2 Å². The first-order valence-electron chi connectivity index (χ1n) is 9.75. The Bertz CT molecular complexity index is 1160. The molecule has 0 atom stereocenters. The van der Waals surface area contributed by atoms with Crippen molar-refractivity contribution in [2.75, 3.05) is 45.3 Å². The maximum Gasteiger partial charge on any atom is 0.246 e. The van der Waals surface area contributed by atoms with Crippen LogP contribution in [0, 0.1) is 6.92 Å². The van der Waals surface area contributed by atoms with Crippen molar-refractivity contribution in [1.82, 2.24) is 24.1 Å². The molecule has 31 heavy (non-hydrogen) atoms. The van der Waals surface area contributed by atoms with Gasteiger partial charge in [0.1, 0.15) is 28.0 Å². The molecule has 1 aliphatic heterocycles. The smallest absolute Gasteiger partial charge is 0.246 e. The number of anilines is 1. The Morgan fingerprint density at radius 2 is 1.71 bits per heavy atom. The lowest BCUT2D eigenvalue weighted by Gasteiger charge is -2.35. The second kappa shape index (κ2) is 8.52. The third kappa shape index (κ3) is 4.19. The van der Waals surface area contributed by atoms with Crippen LogP contribution in [-0.4, -0.2) is 72.9 Å². The summed E-state index contributed by atoms with van der Waals surface area (Å²) in [4.78, 5) is 11.1. The van der Waals surface area contributed by atoms with Gasteiger partial charge < -0.3 is 14.4 Å². The molecule has 0 saturated carbocycles. The van der Waals surface area contributed by atoms with Crippen LogP contribution in [0.25, 0.3) is 5.82 Å². The molecule has 3 heterocycles. The zero-order chi connectivity index (χ0) is 22.0. The minimum absolute atomic E-state index is 0.128. The van der Waals surface area contributed by atoms with Crippen molar-refractivity contribution >= 4 is 15.8 Å². The normalized spacial score (nSPS) is 15.1. The van der Waals surface area contributed by atoms with Crippen molar-refractivity contribution in [1.29, 1.82) is 0 Å².